The molecule has 1 amide bonds. The molecule has 0 aliphatic rings. The van der Waals surface area contributed by atoms with Gasteiger partial charge in [0.25, 0.3) is 5.91 Å². The van der Waals surface area contributed by atoms with E-state index < -0.39 is 5.91 Å². The van der Waals surface area contributed by atoms with Gasteiger partial charge in [0.1, 0.15) is 17.6 Å². The van der Waals surface area contributed by atoms with Crippen LogP contribution < -0.4 is 10.5 Å². The average Bonchev–Trinajstić information content (AvgIpc) is 3.01. The first kappa shape index (κ1) is 19.0. The normalized spacial score (nSPS) is 10.8. The number of rotatable bonds is 5. The van der Waals surface area contributed by atoms with Crippen LogP contribution in [0.1, 0.15) is 17.0 Å². The van der Waals surface area contributed by atoms with E-state index in [9.17, 15) is 10.1 Å². The van der Waals surface area contributed by atoms with Gasteiger partial charge < -0.3 is 15.5 Å². The Morgan fingerprint density at radius 1 is 1.31 bits per heavy atom. The van der Waals surface area contributed by atoms with E-state index in [0.717, 1.165) is 22.2 Å². The van der Waals surface area contributed by atoms with Gasteiger partial charge in [-0.05, 0) is 48.4 Å². The molecule has 26 heavy (non-hydrogen) atoms. The molecule has 0 bridgehead atoms. The van der Waals surface area contributed by atoms with Crippen LogP contribution in [-0.4, -0.2) is 22.5 Å². The topological polar surface area (TPSA) is 105 Å². The number of hydrogen-bond acceptors (Lipinski definition) is 4. The van der Waals surface area contributed by atoms with Gasteiger partial charge in [-0.2, -0.15) is 5.26 Å². The summed E-state index contributed by atoms with van der Waals surface area (Å²) in [4.78, 5) is 18.4. The lowest BCUT2D eigenvalue weighted by Crippen LogP contribution is -2.19. The molecular formula is C19H17ClN4O2. The van der Waals surface area contributed by atoms with Crippen molar-refractivity contribution in [2.45, 2.75) is 6.92 Å². The van der Waals surface area contributed by atoms with E-state index in [1.165, 1.54) is 0 Å². The molecule has 0 unspecified atom stereocenters. The molecule has 6 nitrogen and oxygen atoms in total. The number of nitrogens with zero attached hydrogens (tertiary/aromatic N) is 2. The molecule has 1 aromatic heterocycles. The Kier molecular flexibility index (Phi) is 5.99. The second-order valence-electron chi connectivity index (χ2n) is 5.60. The highest BCUT2D eigenvalue weighted by Gasteiger charge is 2.08. The third kappa shape index (κ3) is 4.41. The molecule has 7 heteroatoms. The number of benzene rings is 2. The van der Waals surface area contributed by atoms with Crippen LogP contribution >= 0.6 is 12.4 Å². The Balaban J connectivity index is 0.00000243. The number of amides is 1. The molecule has 2 aromatic carbocycles. The number of nitrogens with one attached hydrogen (secondary N) is 1. The summed E-state index contributed by atoms with van der Waals surface area (Å²) in [5.74, 6) is 0.529. The van der Waals surface area contributed by atoms with Crippen LogP contribution in [0.3, 0.4) is 0 Å². The summed E-state index contributed by atoms with van der Waals surface area (Å²) in [6, 6.07) is 15.1. The molecule has 0 fully saturated rings. The molecule has 3 N–H and O–H groups in total. The number of carbonyl (C=O) groups is 1. The smallest absolute Gasteiger partial charge is 0.255 e. The Morgan fingerprint density at radius 2 is 2.04 bits per heavy atom. The van der Waals surface area contributed by atoms with Crippen molar-refractivity contribution in [3.8, 4) is 11.8 Å². The monoisotopic (exact) mass is 368 g/mol. The van der Waals surface area contributed by atoms with Crippen LogP contribution in [0.2, 0.25) is 0 Å². The maximum Gasteiger partial charge on any atom is 0.255 e. The zero-order chi connectivity index (χ0) is 17.8. The van der Waals surface area contributed by atoms with Gasteiger partial charge in [-0.1, -0.05) is 18.2 Å². The molecule has 1 heterocycles. The summed E-state index contributed by atoms with van der Waals surface area (Å²) < 4.78 is 5.21. The zero-order valence-corrected chi connectivity index (χ0v) is 14.8. The third-order valence-corrected chi connectivity index (χ3v) is 3.59. The number of H-pyrrole nitrogens is 1. The van der Waals surface area contributed by atoms with Gasteiger partial charge in [-0.15, -0.1) is 12.4 Å². The lowest BCUT2D eigenvalue weighted by Gasteiger charge is -2.03. The minimum atomic E-state index is -0.532. The lowest BCUT2D eigenvalue weighted by molar-refractivity contribution is -0.119. The summed E-state index contributed by atoms with van der Waals surface area (Å²) in [6.07, 6.45) is 1.74. The molecule has 0 saturated heterocycles. The Hall–Kier alpha value is -3.30. The number of allylic oxidation sites excluding steroid dienone is 1. The van der Waals surface area contributed by atoms with Crippen molar-refractivity contribution >= 4 is 41.0 Å². The van der Waals surface area contributed by atoms with Gasteiger partial charge in [-0.25, -0.2) is 4.98 Å². The minimum absolute atomic E-state index is 0. The van der Waals surface area contributed by atoms with Crippen LogP contribution in [0.25, 0.3) is 22.7 Å². The number of aryl methyl sites for hydroxylation is 1. The molecule has 0 saturated carbocycles. The number of nitriles is 1. The number of nitrogens with two attached hydrogens (primary N) is 1. The SMILES string of the molecule is Cc1ccc2nc(C(C#N)=Cc3ccc(OCC(N)=O)cc3)[nH]c2c1.Cl. The van der Waals surface area contributed by atoms with Gasteiger partial charge in [0, 0.05) is 0 Å². The second-order valence-corrected chi connectivity index (χ2v) is 5.60. The van der Waals surface area contributed by atoms with Crippen LogP contribution in [0.15, 0.2) is 42.5 Å². The number of fused-ring (bicyclic) bond motifs is 1. The Morgan fingerprint density at radius 3 is 2.69 bits per heavy atom. The molecule has 0 aliphatic heterocycles. The minimum Gasteiger partial charge on any atom is -0.484 e. The second kappa shape index (κ2) is 8.19. The van der Waals surface area contributed by atoms with Crippen molar-refractivity contribution < 1.29 is 9.53 Å². The van der Waals surface area contributed by atoms with E-state index in [1.54, 1.807) is 30.3 Å². The van der Waals surface area contributed by atoms with Gasteiger partial charge in [0.2, 0.25) is 0 Å². The summed E-state index contributed by atoms with van der Waals surface area (Å²) in [5, 5.41) is 9.47. The molecule has 132 valence electrons. The maximum atomic E-state index is 10.7. The van der Waals surface area contributed by atoms with Gasteiger partial charge in [0.15, 0.2) is 6.61 Å². The number of aromatic amines is 1. The van der Waals surface area contributed by atoms with Gasteiger partial charge in [0.05, 0.1) is 16.6 Å². The number of imidazole rings is 1. The van der Waals surface area contributed by atoms with Crippen molar-refractivity contribution in [1.29, 1.82) is 5.26 Å². The molecule has 0 radical (unpaired) electrons. The predicted octanol–water partition coefficient (Wildman–Crippen LogP) is 3.22. The summed E-state index contributed by atoms with van der Waals surface area (Å²) in [6.45, 7) is 1.83. The average molecular weight is 369 g/mol. The van der Waals surface area contributed by atoms with Crippen LogP contribution in [0, 0.1) is 18.3 Å². The van der Waals surface area contributed by atoms with Crippen LogP contribution in [-0.2, 0) is 4.79 Å². The molecule has 0 spiro atoms. The standard InChI is InChI=1S/C19H16N4O2.ClH/c1-12-2-7-16-17(8-12)23-19(22-16)14(10-20)9-13-3-5-15(6-4-13)25-11-18(21)24;/h2-9H,11H2,1H3,(H2,21,24)(H,22,23);1H. The lowest BCUT2D eigenvalue weighted by atomic mass is 10.1. The Bertz CT molecular complexity index is 1000. The van der Waals surface area contributed by atoms with Crippen molar-refractivity contribution in [2.75, 3.05) is 6.61 Å². The highest BCUT2D eigenvalue weighted by molar-refractivity contribution is 5.90. The van der Waals surface area contributed by atoms with E-state index in [2.05, 4.69) is 16.0 Å². The number of halogens is 1. The summed E-state index contributed by atoms with van der Waals surface area (Å²) in [7, 11) is 0. The zero-order valence-electron chi connectivity index (χ0n) is 14.0. The number of carbonyl (C=O) groups excluding carboxylic acids is 1. The van der Waals surface area contributed by atoms with Crippen molar-refractivity contribution in [1.82, 2.24) is 9.97 Å². The molecule has 0 atom stereocenters. The summed E-state index contributed by atoms with van der Waals surface area (Å²) >= 11 is 0. The molecular weight excluding hydrogens is 352 g/mol. The largest absolute Gasteiger partial charge is 0.484 e. The number of hydrogen-bond donors (Lipinski definition) is 2. The molecule has 0 aliphatic carbocycles. The molecule has 3 rings (SSSR count). The first-order valence-corrected chi connectivity index (χ1v) is 7.65. The first-order valence-electron chi connectivity index (χ1n) is 7.65. The van der Waals surface area contributed by atoms with E-state index >= 15 is 0 Å². The summed E-state index contributed by atoms with van der Waals surface area (Å²) in [5.41, 5.74) is 9.12. The van der Waals surface area contributed by atoms with Crippen LogP contribution in [0.5, 0.6) is 5.75 Å². The fraction of sp³-hybridized carbons (Fsp3) is 0.105. The fourth-order valence-electron chi connectivity index (χ4n) is 2.39. The first-order chi connectivity index (χ1) is 12.0. The van der Waals surface area contributed by atoms with E-state index in [-0.39, 0.29) is 19.0 Å². The van der Waals surface area contributed by atoms with Crippen molar-refractivity contribution in [3.05, 3.63) is 59.4 Å². The predicted molar refractivity (Wildman–Crippen MR) is 103 cm³/mol. The van der Waals surface area contributed by atoms with Gasteiger partial charge in [-0.3, -0.25) is 4.79 Å². The third-order valence-electron chi connectivity index (χ3n) is 3.59. The van der Waals surface area contributed by atoms with E-state index in [0.29, 0.717) is 17.1 Å². The van der Waals surface area contributed by atoms with Crippen molar-refractivity contribution in [3.63, 3.8) is 0 Å². The molecule has 3 aromatic rings. The number of primary amides is 1. The fourth-order valence-corrected chi connectivity index (χ4v) is 2.39. The Labute approximate surface area is 156 Å². The van der Waals surface area contributed by atoms with Gasteiger partial charge >= 0.3 is 0 Å². The number of aromatic nitrogens is 2. The van der Waals surface area contributed by atoms with E-state index in [4.69, 9.17) is 10.5 Å². The quantitative estimate of drug-likeness (QED) is 0.674. The van der Waals surface area contributed by atoms with E-state index in [1.807, 2.05) is 25.1 Å². The highest BCUT2D eigenvalue weighted by Crippen LogP contribution is 2.21. The highest BCUT2D eigenvalue weighted by atomic mass is 35.5. The van der Waals surface area contributed by atoms with Crippen LogP contribution in [0.4, 0.5) is 0 Å². The number of ether oxygens (including phenoxy) is 1. The van der Waals surface area contributed by atoms with Crippen molar-refractivity contribution in [2.24, 2.45) is 5.73 Å². The maximum absolute atomic E-state index is 10.7.